The highest BCUT2D eigenvalue weighted by atomic mass is 16.7. The van der Waals surface area contributed by atoms with Crippen molar-refractivity contribution >= 4 is 23.0 Å². The maximum Gasteiger partial charge on any atom is 0.335 e. The fourth-order valence-electron chi connectivity index (χ4n) is 5.88. The van der Waals surface area contributed by atoms with Crippen LogP contribution in [0.5, 0.6) is 11.5 Å². The molecular weight excluding hydrogens is 632 g/mol. The number of hydrogen-bond donors (Lipinski definition) is 7. The second-order valence-corrected chi connectivity index (χ2v) is 12.2. The van der Waals surface area contributed by atoms with E-state index in [1.54, 1.807) is 12.1 Å². The first-order valence-corrected chi connectivity index (χ1v) is 16.2. The van der Waals surface area contributed by atoms with E-state index in [4.69, 9.17) is 13.9 Å². The molecule has 1 aliphatic heterocycles. The van der Waals surface area contributed by atoms with Crippen molar-refractivity contribution in [2.75, 3.05) is 26.7 Å². The predicted octanol–water partition coefficient (Wildman–Crippen LogP) is 3.12. The summed E-state index contributed by atoms with van der Waals surface area (Å²) >= 11 is 0. The van der Waals surface area contributed by atoms with Gasteiger partial charge in [-0.15, -0.1) is 0 Å². The fourth-order valence-corrected chi connectivity index (χ4v) is 5.88. The normalized spacial score (nSPS) is 23.1. The molecule has 0 amide bonds. The maximum atomic E-state index is 13.2. The Labute approximate surface area is 283 Å². The van der Waals surface area contributed by atoms with Crippen LogP contribution in [0.15, 0.2) is 94.3 Å². The molecule has 0 saturated carbocycles. The lowest BCUT2D eigenvalue weighted by Gasteiger charge is -2.46. The number of ether oxygens (including phenoxy) is 2. The van der Waals surface area contributed by atoms with Gasteiger partial charge in [-0.2, -0.15) is 0 Å². The predicted molar refractivity (Wildman–Crippen MR) is 183 cm³/mol. The number of carbonyl (C=O) groups is 1. The van der Waals surface area contributed by atoms with Crippen LogP contribution in [0.4, 0.5) is 0 Å². The van der Waals surface area contributed by atoms with E-state index in [0.29, 0.717) is 18.0 Å². The van der Waals surface area contributed by atoms with Gasteiger partial charge in [-0.3, -0.25) is 4.79 Å². The quantitative estimate of drug-likeness (QED) is 0.0914. The maximum absolute atomic E-state index is 13.2. The van der Waals surface area contributed by atoms with Crippen molar-refractivity contribution in [2.45, 2.75) is 49.5 Å². The lowest BCUT2D eigenvalue weighted by molar-refractivity contribution is -0.311. The van der Waals surface area contributed by atoms with Gasteiger partial charge in [-0.25, -0.2) is 4.79 Å². The van der Waals surface area contributed by atoms with Gasteiger partial charge < -0.3 is 50.1 Å². The molecule has 7 N–H and O–H groups in total. The number of rotatable bonds is 15. The number of phenols is 1. The minimum atomic E-state index is -2.27. The van der Waals surface area contributed by atoms with E-state index in [-0.39, 0.29) is 40.0 Å². The van der Waals surface area contributed by atoms with Gasteiger partial charge in [0, 0.05) is 12.6 Å². The Morgan fingerprint density at radius 3 is 2.49 bits per heavy atom. The molecule has 6 atom stereocenters. The van der Waals surface area contributed by atoms with Crippen LogP contribution in [0, 0.1) is 5.92 Å². The second kappa shape index (κ2) is 16.2. The third-order valence-corrected chi connectivity index (χ3v) is 8.75. The number of nitrogens with one attached hydrogen (secondary N) is 2. The lowest BCUT2D eigenvalue weighted by atomic mass is 9.86. The molecule has 0 bridgehead atoms. The molecule has 260 valence electrons. The minimum Gasteiger partial charge on any atom is -0.508 e. The molecule has 1 fully saturated rings. The molecule has 0 radical (unpaired) electrons. The number of carboxylic acid groups (broad SMARTS) is 1. The molecule has 49 heavy (non-hydrogen) atoms. The number of hydrogen-bond acceptors (Lipinski definition) is 11. The summed E-state index contributed by atoms with van der Waals surface area (Å²) in [6.07, 6.45) is 0.461. The third-order valence-electron chi connectivity index (χ3n) is 8.75. The van der Waals surface area contributed by atoms with Crippen LogP contribution in [0.2, 0.25) is 0 Å². The number of aliphatic hydroxyl groups excluding tert-OH is 2. The van der Waals surface area contributed by atoms with E-state index >= 15 is 0 Å². The summed E-state index contributed by atoms with van der Waals surface area (Å²) in [4.78, 5) is 25.1. The molecule has 3 aromatic carbocycles. The Kier molecular flexibility index (Phi) is 11.8. The summed E-state index contributed by atoms with van der Waals surface area (Å²) in [6.45, 7) is 0.973. The zero-order valence-corrected chi connectivity index (χ0v) is 27.1. The number of allylic oxidation sites excluding steroid dienone is 1. The molecule has 1 saturated heterocycles. The third kappa shape index (κ3) is 8.54. The van der Waals surface area contributed by atoms with E-state index in [0.717, 1.165) is 31.4 Å². The summed E-state index contributed by atoms with van der Waals surface area (Å²) in [5.41, 5.74) is -0.520. The Morgan fingerprint density at radius 1 is 1.04 bits per heavy atom. The van der Waals surface area contributed by atoms with Crippen LogP contribution in [-0.2, 0) is 9.53 Å². The number of aliphatic carboxylic acids is 1. The molecule has 0 aliphatic carbocycles. The monoisotopic (exact) mass is 674 g/mol. The first-order chi connectivity index (χ1) is 23.6. The highest BCUT2D eigenvalue weighted by Crippen LogP contribution is 2.33. The van der Waals surface area contributed by atoms with E-state index in [2.05, 4.69) is 22.8 Å². The Balaban J connectivity index is 1.30. The van der Waals surface area contributed by atoms with Crippen molar-refractivity contribution in [2.24, 2.45) is 5.92 Å². The van der Waals surface area contributed by atoms with Crippen LogP contribution in [0.25, 0.3) is 28.2 Å². The van der Waals surface area contributed by atoms with Crippen LogP contribution < -0.4 is 20.8 Å². The van der Waals surface area contributed by atoms with Crippen molar-refractivity contribution in [1.82, 2.24) is 10.6 Å². The van der Waals surface area contributed by atoms with Gasteiger partial charge in [0.2, 0.25) is 6.29 Å². The highest BCUT2D eigenvalue weighted by Gasteiger charge is 2.58. The van der Waals surface area contributed by atoms with Crippen LogP contribution in [0.3, 0.4) is 0 Å². The molecule has 6 unspecified atom stereocenters. The average Bonchev–Trinajstić information content (AvgIpc) is 3.10. The van der Waals surface area contributed by atoms with Crippen molar-refractivity contribution in [3.05, 3.63) is 101 Å². The summed E-state index contributed by atoms with van der Waals surface area (Å²) in [5.74, 6) is -1.13. The number of carboxylic acids is 1. The van der Waals surface area contributed by atoms with Crippen LogP contribution >= 0.6 is 0 Å². The molecule has 12 nitrogen and oxygen atoms in total. The van der Waals surface area contributed by atoms with E-state index in [9.17, 15) is 35.1 Å². The topological polar surface area (TPSA) is 191 Å². The average molecular weight is 675 g/mol. The minimum absolute atomic E-state index is 0.0549. The second-order valence-electron chi connectivity index (χ2n) is 12.2. The molecule has 12 heteroatoms. The van der Waals surface area contributed by atoms with E-state index in [1.165, 1.54) is 36.6 Å². The van der Waals surface area contributed by atoms with Crippen molar-refractivity contribution in [3.8, 4) is 22.6 Å². The first kappa shape index (κ1) is 35.7. The largest absolute Gasteiger partial charge is 0.508 e. The van der Waals surface area contributed by atoms with Crippen molar-refractivity contribution < 1.29 is 44.2 Å². The van der Waals surface area contributed by atoms with Gasteiger partial charge in [-0.05, 0) is 80.7 Å². The van der Waals surface area contributed by atoms with Gasteiger partial charge in [0.1, 0.15) is 35.6 Å². The molecule has 4 aromatic rings. The standard InChI is InChI=1S/C37H42N2O10/c1-38-18-16-24(9-5-8-23-6-3-2-4-7-23)17-19-39-22-37(46)34(43)32(42)33(35(44)45)49-36(37)48-27-14-15-28-30(20-27)47-21-29(31(28)41)25-10-12-26(40)13-11-25/h2-8,10-15,20-21,24,32-34,36,38-40,42-43,46H,9,16-19,22H2,1H3,(H,44,45). The van der Waals surface area contributed by atoms with Gasteiger partial charge >= 0.3 is 5.97 Å². The highest BCUT2D eigenvalue weighted by molar-refractivity contribution is 5.82. The van der Waals surface area contributed by atoms with Gasteiger partial charge in [0.05, 0.1) is 10.9 Å². The summed E-state index contributed by atoms with van der Waals surface area (Å²) in [5, 5.41) is 59.1. The van der Waals surface area contributed by atoms with Crippen molar-refractivity contribution in [1.29, 1.82) is 0 Å². The van der Waals surface area contributed by atoms with E-state index in [1.807, 2.05) is 37.4 Å². The number of aromatic hydroxyl groups is 1. The Morgan fingerprint density at radius 2 is 1.78 bits per heavy atom. The molecule has 1 aliphatic rings. The first-order valence-electron chi connectivity index (χ1n) is 16.2. The summed E-state index contributed by atoms with van der Waals surface area (Å²) in [6, 6.07) is 20.4. The lowest BCUT2D eigenvalue weighted by Crippen LogP contribution is -2.71. The summed E-state index contributed by atoms with van der Waals surface area (Å²) in [7, 11) is 1.89. The smallest absolute Gasteiger partial charge is 0.335 e. The Bertz CT molecular complexity index is 1780. The van der Waals surface area contributed by atoms with Gasteiger partial charge in [0.15, 0.2) is 17.1 Å². The molecule has 0 spiro atoms. The van der Waals surface area contributed by atoms with E-state index < -0.39 is 36.2 Å². The SMILES string of the molecule is CNCCC(CC=Cc1ccccc1)CCNCC1(O)C(Oc2ccc3c(=O)c(-c4ccc(O)cc4)coc3c2)OC(C(=O)O)C(O)C1O. The van der Waals surface area contributed by atoms with Crippen molar-refractivity contribution in [3.63, 3.8) is 0 Å². The number of fused-ring (bicyclic) bond motifs is 1. The van der Waals surface area contributed by atoms with Gasteiger partial charge in [-0.1, -0.05) is 54.6 Å². The zero-order chi connectivity index (χ0) is 35.0. The number of benzene rings is 3. The van der Waals surface area contributed by atoms with Crippen LogP contribution in [-0.4, -0.2) is 88.4 Å². The fraction of sp³-hybridized carbons (Fsp3) is 0.351. The summed E-state index contributed by atoms with van der Waals surface area (Å²) < 4.78 is 17.2. The number of aliphatic hydroxyl groups is 3. The van der Waals surface area contributed by atoms with Crippen LogP contribution in [0.1, 0.15) is 24.8 Å². The Hall–Kier alpha value is -4.56. The molecular formula is C37H42N2O10. The molecule has 2 heterocycles. The molecule has 1 aromatic heterocycles. The van der Waals surface area contributed by atoms with Gasteiger partial charge in [0.25, 0.3) is 0 Å². The molecule has 5 rings (SSSR count). The zero-order valence-electron chi connectivity index (χ0n) is 27.1. The number of phenolic OH excluding ortho intramolecular Hbond substituents is 1.